The van der Waals surface area contributed by atoms with Crippen LogP contribution in [-0.4, -0.2) is 4.40 Å². The molecule has 0 amide bonds. The molecule has 0 fully saturated rings. The lowest BCUT2D eigenvalue weighted by molar-refractivity contribution is 0.591. The molecule has 15 aromatic carbocycles. The fourth-order valence-electron chi connectivity index (χ4n) is 15.1. The van der Waals surface area contributed by atoms with Crippen LogP contribution in [0, 0.1) is 0 Å². The van der Waals surface area contributed by atoms with Crippen LogP contribution >= 0.6 is 11.3 Å². The first kappa shape index (κ1) is 49.9. The number of thiophene rings is 1. The number of hydrogen-bond acceptors (Lipinski definition) is 5. The highest BCUT2D eigenvalue weighted by Gasteiger charge is 2.28. The molecule has 5 nitrogen and oxygen atoms in total. The maximum Gasteiger partial charge on any atom is 0.136 e. The minimum Gasteiger partial charge on any atom is -0.456 e. The van der Waals surface area contributed by atoms with E-state index in [2.05, 4.69) is 302 Å². The number of nitrogens with zero attached hydrogens (tertiary/aromatic N) is 3. The average Bonchev–Trinajstić information content (AvgIpc) is 1.71. The first-order chi connectivity index (χ1) is 44.2. The van der Waals surface area contributed by atoms with Crippen molar-refractivity contribution < 1.29 is 8.83 Å². The summed E-state index contributed by atoms with van der Waals surface area (Å²) < 4.78 is 18.3. The Balaban J connectivity index is 0.798. The van der Waals surface area contributed by atoms with E-state index in [0.717, 1.165) is 78.0 Å². The summed E-state index contributed by atoms with van der Waals surface area (Å²) in [5.41, 5.74) is 15.0. The largest absolute Gasteiger partial charge is 0.456 e. The second-order valence-electron chi connectivity index (χ2n) is 25.6. The lowest BCUT2D eigenvalue weighted by atomic mass is 9.86. The normalized spacial score (nSPS) is 12.6. The van der Waals surface area contributed by atoms with Crippen molar-refractivity contribution in [2.24, 2.45) is 0 Å². The molecular weight excluding hydrogens is 1120 g/mol. The van der Waals surface area contributed by atoms with E-state index in [1.165, 1.54) is 118 Å². The summed E-state index contributed by atoms with van der Waals surface area (Å²) in [6.07, 6.45) is 0. The van der Waals surface area contributed by atoms with Gasteiger partial charge in [0.2, 0.25) is 0 Å². The Morgan fingerprint density at radius 2 is 0.744 bits per heavy atom. The van der Waals surface area contributed by atoms with Crippen molar-refractivity contribution in [3.8, 4) is 0 Å². The molecule has 0 bridgehead atoms. The molecule has 0 unspecified atom stereocenters. The predicted octanol–water partition coefficient (Wildman–Crippen LogP) is 25.0. The smallest absolute Gasteiger partial charge is 0.136 e. The highest BCUT2D eigenvalue weighted by molar-refractivity contribution is 7.26. The molecule has 0 N–H and O–H groups in total. The van der Waals surface area contributed by atoms with Crippen molar-refractivity contribution in [3.05, 3.63) is 272 Å². The molecule has 422 valence electrons. The van der Waals surface area contributed by atoms with Crippen molar-refractivity contribution in [2.75, 3.05) is 9.80 Å². The van der Waals surface area contributed by atoms with Gasteiger partial charge in [0.05, 0.1) is 22.2 Å². The molecule has 0 radical (unpaired) electrons. The Bertz CT molecular complexity index is 6490. The van der Waals surface area contributed by atoms with Crippen molar-refractivity contribution in [1.29, 1.82) is 0 Å². The van der Waals surface area contributed by atoms with Crippen LogP contribution in [-0.2, 0) is 5.41 Å². The van der Waals surface area contributed by atoms with Gasteiger partial charge in [-0.1, -0.05) is 172 Å². The third-order valence-electron chi connectivity index (χ3n) is 19.5. The maximum absolute atomic E-state index is 6.64. The highest BCUT2D eigenvalue weighted by Crippen LogP contribution is 2.52. The number of anilines is 6. The Hall–Kier alpha value is -11.2. The minimum absolute atomic E-state index is 0.0815. The Morgan fingerprint density at radius 1 is 0.311 bits per heavy atom. The Morgan fingerprint density at radius 3 is 1.34 bits per heavy atom. The van der Waals surface area contributed by atoms with Crippen LogP contribution in [0.3, 0.4) is 0 Å². The summed E-state index contributed by atoms with van der Waals surface area (Å²) in [5.74, 6) is 0. The summed E-state index contributed by atoms with van der Waals surface area (Å²) in [4.78, 5) is 4.91. The zero-order valence-corrected chi connectivity index (χ0v) is 50.3. The van der Waals surface area contributed by atoms with E-state index in [4.69, 9.17) is 8.83 Å². The van der Waals surface area contributed by atoms with Gasteiger partial charge >= 0.3 is 0 Å². The maximum atomic E-state index is 6.64. The molecule has 0 atom stereocenters. The van der Waals surface area contributed by atoms with Gasteiger partial charge in [-0.15, -0.1) is 11.3 Å². The Labute approximate surface area is 520 Å². The molecule has 0 saturated heterocycles. The van der Waals surface area contributed by atoms with E-state index in [-0.39, 0.29) is 5.41 Å². The molecule has 0 aliphatic rings. The van der Waals surface area contributed by atoms with Crippen LogP contribution in [0.5, 0.6) is 0 Å². The van der Waals surface area contributed by atoms with Crippen LogP contribution in [0.2, 0.25) is 0 Å². The number of hydrogen-bond donors (Lipinski definition) is 0. The van der Waals surface area contributed by atoms with Gasteiger partial charge in [0.1, 0.15) is 22.3 Å². The van der Waals surface area contributed by atoms with Crippen LogP contribution in [0.25, 0.3) is 156 Å². The van der Waals surface area contributed by atoms with E-state index in [9.17, 15) is 0 Å². The van der Waals surface area contributed by atoms with Gasteiger partial charge in [-0.3, -0.25) is 0 Å². The summed E-state index contributed by atoms with van der Waals surface area (Å²) in [5, 5.41) is 23.9. The zero-order chi connectivity index (χ0) is 59.3. The molecule has 20 aromatic rings. The third kappa shape index (κ3) is 7.19. The van der Waals surface area contributed by atoms with E-state index in [0.29, 0.717) is 0 Å². The van der Waals surface area contributed by atoms with Gasteiger partial charge in [0.25, 0.3) is 0 Å². The summed E-state index contributed by atoms with van der Waals surface area (Å²) >= 11 is 1.90. The topological polar surface area (TPSA) is 37.2 Å². The first-order valence-corrected chi connectivity index (χ1v) is 31.8. The zero-order valence-electron chi connectivity index (χ0n) is 49.5. The molecule has 5 aromatic heterocycles. The molecule has 0 aliphatic carbocycles. The van der Waals surface area contributed by atoms with E-state index in [1.54, 1.807) is 0 Å². The monoisotopic (exact) mass is 1170 g/mol. The van der Waals surface area contributed by atoms with E-state index < -0.39 is 0 Å². The number of fused-ring (bicyclic) bond motifs is 22. The van der Waals surface area contributed by atoms with Gasteiger partial charge in [0, 0.05) is 102 Å². The molecule has 5 heterocycles. The molecule has 90 heavy (non-hydrogen) atoms. The quantitative estimate of drug-likeness (QED) is 0.166. The SMILES string of the molecule is CC(C)(C)c1ccc2c(c1)c1c(N(c3ccc4ccccc4c3)c3ccc4oc5cc6ccccc6cc5c4c3)ccc3c4ccc5c(ccc6c7ccc(N(c8ccc9ccccc9c8)c8ccc9oc%10cc%11ccccc%11cc%10c9c8)cc7sc65)c4n2c31. The third-order valence-corrected chi connectivity index (χ3v) is 20.7. The fraction of sp³-hybridized carbons (Fsp3) is 0.0476. The summed E-state index contributed by atoms with van der Waals surface area (Å²) in [6, 6.07) is 99.1. The fourth-order valence-corrected chi connectivity index (χ4v) is 16.4. The van der Waals surface area contributed by atoms with Crippen molar-refractivity contribution in [2.45, 2.75) is 26.2 Å². The molecule has 20 rings (SSSR count). The molecule has 6 heteroatoms. The van der Waals surface area contributed by atoms with Crippen LogP contribution in [0.15, 0.2) is 276 Å². The molecular formula is C84H53N3O2S. The Kier molecular flexibility index (Phi) is 10.1. The number of furan rings is 2. The first-order valence-electron chi connectivity index (χ1n) is 31.0. The van der Waals surface area contributed by atoms with Crippen molar-refractivity contribution in [1.82, 2.24) is 4.40 Å². The number of benzene rings is 15. The van der Waals surface area contributed by atoms with E-state index in [1.807, 2.05) is 11.3 Å². The van der Waals surface area contributed by atoms with Crippen LogP contribution in [0.4, 0.5) is 34.1 Å². The second-order valence-corrected chi connectivity index (χ2v) is 26.7. The minimum atomic E-state index is -0.0815. The van der Waals surface area contributed by atoms with Crippen LogP contribution < -0.4 is 9.80 Å². The highest BCUT2D eigenvalue weighted by atomic mass is 32.1. The van der Waals surface area contributed by atoms with Gasteiger partial charge < -0.3 is 23.0 Å². The molecule has 0 saturated carbocycles. The second kappa shape index (κ2) is 18.2. The lowest BCUT2D eigenvalue weighted by Gasteiger charge is -2.27. The number of aromatic nitrogens is 1. The van der Waals surface area contributed by atoms with Gasteiger partial charge in [-0.05, 0) is 169 Å². The predicted molar refractivity (Wildman–Crippen MR) is 384 cm³/mol. The van der Waals surface area contributed by atoms with Crippen molar-refractivity contribution in [3.63, 3.8) is 0 Å². The standard InChI is InChI=1S/C84H53N3O2S/c1-84(2,3)56-22-34-73-72(44-56)80-74(86(58-24-21-49-13-5-7-15-51(49)39-58)60-27-37-76-71(46-60)69-41-53-17-9-11-19-55(53)43-78(69)89-76)35-33-64-63-29-32-67-65(81(63)87(73)82(64)80)30-31-66-62-28-25-61(47-79(62)90-83(66)67)85(57-23-20-48-12-4-6-14-50(48)38-57)59-26-36-75-70(45-59)68-40-52-16-8-10-18-54(52)42-77(68)88-75/h4-47H,1-3H3. The van der Waals surface area contributed by atoms with Crippen LogP contribution in [0.1, 0.15) is 26.3 Å². The molecule has 0 aliphatic heterocycles. The van der Waals surface area contributed by atoms with Gasteiger partial charge in [-0.2, -0.15) is 0 Å². The summed E-state index contributed by atoms with van der Waals surface area (Å²) in [6.45, 7) is 6.98. The number of rotatable bonds is 6. The average molecular weight is 1170 g/mol. The van der Waals surface area contributed by atoms with E-state index >= 15 is 0 Å². The lowest BCUT2D eigenvalue weighted by Crippen LogP contribution is -2.11. The molecule has 0 spiro atoms. The van der Waals surface area contributed by atoms with Gasteiger partial charge in [0.15, 0.2) is 0 Å². The van der Waals surface area contributed by atoms with Gasteiger partial charge in [-0.25, -0.2) is 0 Å². The summed E-state index contributed by atoms with van der Waals surface area (Å²) in [7, 11) is 0. The van der Waals surface area contributed by atoms with Crippen molar-refractivity contribution >= 4 is 201 Å².